The molecule has 3 aromatic rings. The quantitative estimate of drug-likeness (QED) is 0.727. The van der Waals surface area contributed by atoms with E-state index in [0.717, 1.165) is 11.4 Å². The highest BCUT2D eigenvalue weighted by molar-refractivity contribution is 5.19. The minimum Gasteiger partial charge on any atom is -0.337 e. The molecular formula is C14H13FN4O2. The van der Waals surface area contributed by atoms with Crippen molar-refractivity contribution < 1.29 is 8.91 Å². The van der Waals surface area contributed by atoms with E-state index in [9.17, 15) is 9.18 Å². The summed E-state index contributed by atoms with van der Waals surface area (Å²) in [4.78, 5) is 15.9. The maximum Gasteiger partial charge on any atom is 0.442 e. The van der Waals surface area contributed by atoms with Crippen LogP contribution in [0.25, 0.3) is 0 Å². The second kappa shape index (κ2) is 5.35. The zero-order chi connectivity index (χ0) is 14.8. The summed E-state index contributed by atoms with van der Waals surface area (Å²) in [5.41, 5.74) is 0.846. The molecule has 0 aliphatic rings. The topological polar surface area (TPSA) is 65.8 Å². The Labute approximate surface area is 119 Å². The van der Waals surface area contributed by atoms with Crippen LogP contribution in [0, 0.1) is 5.82 Å². The number of rotatable bonds is 4. The summed E-state index contributed by atoms with van der Waals surface area (Å²) < 4.78 is 20.9. The van der Waals surface area contributed by atoms with Gasteiger partial charge in [-0.1, -0.05) is 17.3 Å². The van der Waals surface area contributed by atoms with Crippen LogP contribution >= 0.6 is 0 Å². The van der Waals surface area contributed by atoms with Gasteiger partial charge in [0, 0.05) is 25.9 Å². The summed E-state index contributed by atoms with van der Waals surface area (Å²) >= 11 is 0. The Hall–Kier alpha value is -2.70. The normalized spacial score (nSPS) is 11.0. The van der Waals surface area contributed by atoms with Crippen molar-refractivity contribution in [3.05, 3.63) is 70.2 Å². The first-order chi connectivity index (χ1) is 10.1. The summed E-state index contributed by atoms with van der Waals surface area (Å²) in [6.45, 7) is 0.280. The fourth-order valence-electron chi connectivity index (χ4n) is 2.05. The lowest BCUT2D eigenvalue weighted by Gasteiger charge is -2.05. The van der Waals surface area contributed by atoms with Crippen LogP contribution in [0.2, 0.25) is 0 Å². The first-order valence-corrected chi connectivity index (χ1v) is 6.39. The van der Waals surface area contributed by atoms with E-state index in [0.29, 0.717) is 12.2 Å². The molecule has 108 valence electrons. The van der Waals surface area contributed by atoms with Gasteiger partial charge >= 0.3 is 5.76 Å². The zero-order valence-corrected chi connectivity index (χ0v) is 11.4. The largest absolute Gasteiger partial charge is 0.442 e. The van der Waals surface area contributed by atoms with Gasteiger partial charge in [0.2, 0.25) is 0 Å². The van der Waals surface area contributed by atoms with Crippen molar-refractivity contribution in [3.8, 4) is 0 Å². The molecule has 2 aromatic heterocycles. The van der Waals surface area contributed by atoms with Crippen LogP contribution in [0.1, 0.15) is 17.2 Å². The lowest BCUT2D eigenvalue weighted by molar-refractivity contribution is 0.374. The Morgan fingerprint density at radius 1 is 1.24 bits per heavy atom. The van der Waals surface area contributed by atoms with Gasteiger partial charge in [0.15, 0.2) is 5.82 Å². The fourth-order valence-corrected chi connectivity index (χ4v) is 2.05. The monoisotopic (exact) mass is 288 g/mol. The van der Waals surface area contributed by atoms with E-state index < -0.39 is 5.76 Å². The van der Waals surface area contributed by atoms with E-state index in [4.69, 9.17) is 4.52 Å². The molecule has 7 heteroatoms. The van der Waals surface area contributed by atoms with Crippen LogP contribution in [0.5, 0.6) is 0 Å². The Balaban J connectivity index is 1.88. The first-order valence-electron chi connectivity index (χ1n) is 6.39. The molecular weight excluding hydrogens is 275 g/mol. The average molecular weight is 288 g/mol. The predicted octanol–water partition coefficient (Wildman–Crippen LogP) is 1.35. The van der Waals surface area contributed by atoms with Crippen molar-refractivity contribution in [1.82, 2.24) is 19.3 Å². The highest BCUT2D eigenvalue weighted by Crippen LogP contribution is 2.09. The number of imidazole rings is 1. The maximum atomic E-state index is 12.9. The van der Waals surface area contributed by atoms with Crippen LogP contribution in [0.4, 0.5) is 4.39 Å². The van der Waals surface area contributed by atoms with Crippen molar-refractivity contribution in [1.29, 1.82) is 0 Å². The third kappa shape index (κ3) is 2.76. The minimum atomic E-state index is -0.532. The molecule has 0 aliphatic carbocycles. The van der Waals surface area contributed by atoms with E-state index in [2.05, 4.69) is 10.1 Å². The Bertz CT molecular complexity index is 801. The number of hydrogen-bond acceptors (Lipinski definition) is 4. The van der Waals surface area contributed by atoms with E-state index in [1.807, 2.05) is 11.6 Å². The van der Waals surface area contributed by atoms with Crippen LogP contribution < -0.4 is 5.76 Å². The van der Waals surface area contributed by atoms with Crippen molar-refractivity contribution >= 4 is 0 Å². The molecule has 3 rings (SSSR count). The van der Waals surface area contributed by atoms with Crippen LogP contribution in [0.3, 0.4) is 0 Å². The minimum absolute atomic E-state index is 0.280. The number of aromatic nitrogens is 4. The lowest BCUT2D eigenvalue weighted by Crippen LogP contribution is -2.20. The molecule has 2 heterocycles. The Kier molecular flexibility index (Phi) is 3.39. The summed E-state index contributed by atoms with van der Waals surface area (Å²) in [6.07, 6.45) is 3.84. The highest BCUT2D eigenvalue weighted by Gasteiger charge is 2.13. The summed E-state index contributed by atoms with van der Waals surface area (Å²) in [5, 5.41) is 3.79. The second-order valence-electron chi connectivity index (χ2n) is 4.71. The molecule has 0 fully saturated rings. The first kappa shape index (κ1) is 13.3. The molecule has 0 saturated heterocycles. The molecule has 0 radical (unpaired) electrons. The van der Waals surface area contributed by atoms with Crippen molar-refractivity contribution in [3.63, 3.8) is 0 Å². The molecule has 0 saturated carbocycles. The van der Waals surface area contributed by atoms with E-state index in [1.165, 1.54) is 16.7 Å². The summed E-state index contributed by atoms with van der Waals surface area (Å²) in [7, 11) is 1.85. The predicted molar refractivity (Wildman–Crippen MR) is 72.3 cm³/mol. The second-order valence-corrected chi connectivity index (χ2v) is 4.71. The molecule has 6 nitrogen and oxygen atoms in total. The number of hydrogen-bond donors (Lipinski definition) is 0. The van der Waals surface area contributed by atoms with Gasteiger partial charge in [-0.25, -0.2) is 14.2 Å². The smallest absolute Gasteiger partial charge is 0.337 e. The van der Waals surface area contributed by atoms with E-state index >= 15 is 0 Å². The maximum absolute atomic E-state index is 12.9. The van der Waals surface area contributed by atoms with Gasteiger partial charge in [-0.2, -0.15) is 0 Å². The molecule has 0 N–H and O–H groups in total. The van der Waals surface area contributed by atoms with Crippen molar-refractivity contribution in [2.24, 2.45) is 7.05 Å². The molecule has 0 unspecified atom stereocenters. The van der Waals surface area contributed by atoms with Gasteiger partial charge in [-0.05, 0) is 17.7 Å². The van der Waals surface area contributed by atoms with Gasteiger partial charge in [-0.15, -0.1) is 0 Å². The van der Waals surface area contributed by atoms with Gasteiger partial charge in [-0.3, -0.25) is 9.09 Å². The standard InChI is InChI=1S/C14H13FN4O2/c1-18-7-6-16-13(18)9-19-12(17-21-14(19)20)8-10-2-4-11(15)5-3-10/h2-7H,8-9H2,1H3. The molecule has 21 heavy (non-hydrogen) atoms. The van der Waals surface area contributed by atoms with Gasteiger partial charge in [0.05, 0.1) is 6.54 Å². The SMILES string of the molecule is Cn1ccnc1Cn1c(Cc2ccc(F)cc2)noc1=O. The van der Waals surface area contributed by atoms with Crippen molar-refractivity contribution in [2.75, 3.05) is 0 Å². The lowest BCUT2D eigenvalue weighted by atomic mass is 10.1. The Morgan fingerprint density at radius 2 is 2.00 bits per heavy atom. The molecule has 0 spiro atoms. The molecule has 0 amide bonds. The molecule has 0 aliphatic heterocycles. The Morgan fingerprint density at radius 3 is 2.67 bits per heavy atom. The zero-order valence-electron chi connectivity index (χ0n) is 11.4. The number of aryl methyl sites for hydroxylation is 1. The summed E-state index contributed by atoms with van der Waals surface area (Å²) in [6, 6.07) is 6.05. The number of nitrogens with zero attached hydrogens (tertiary/aromatic N) is 4. The highest BCUT2D eigenvalue weighted by atomic mass is 19.1. The van der Waals surface area contributed by atoms with E-state index in [1.54, 1.807) is 24.5 Å². The van der Waals surface area contributed by atoms with E-state index in [-0.39, 0.29) is 12.4 Å². The number of benzene rings is 1. The average Bonchev–Trinajstić information content (AvgIpc) is 3.02. The van der Waals surface area contributed by atoms with Gasteiger partial charge in [0.25, 0.3) is 0 Å². The van der Waals surface area contributed by atoms with Crippen molar-refractivity contribution in [2.45, 2.75) is 13.0 Å². The van der Waals surface area contributed by atoms with Gasteiger partial charge in [0.1, 0.15) is 11.6 Å². The molecule has 0 atom stereocenters. The third-order valence-electron chi connectivity index (χ3n) is 3.26. The van der Waals surface area contributed by atoms with Gasteiger partial charge < -0.3 is 4.57 Å². The summed E-state index contributed by atoms with van der Waals surface area (Å²) in [5.74, 6) is 0.370. The third-order valence-corrected chi connectivity index (χ3v) is 3.26. The van der Waals surface area contributed by atoms with Crippen LogP contribution in [-0.2, 0) is 20.0 Å². The number of halogens is 1. The molecule has 0 bridgehead atoms. The molecule has 1 aromatic carbocycles. The van der Waals surface area contributed by atoms with Crippen LogP contribution in [0.15, 0.2) is 46.0 Å². The fraction of sp³-hybridized carbons (Fsp3) is 0.214. The van der Waals surface area contributed by atoms with Crippen LogP contribution in [-0.4, -0.2) is 19.3 Å².